The highest BCUT2D eigenvalue weighted by atomic mass is 16.6. The molecule has 0 saturated heterocycles. The van der Waals surface area contributed by atoms with E-state index >= 15 is 0 Å². The molecule has 7 heteroatoms. The Balaban J connectivity index is 5.41. The summed E-state index contributed by atoms with van der Waals surface area (Å²) < 4.78 is 15.9. The molecule has 0 aliphatic carbocycles. The molecule has 134 valence electrons. The Morgan fingerprint density at radius 2 is 1.52 bits per heavy atom. The van der Waals surface area contributed by atoms with E-state index in [4.69, 9.17) is 14.2 Å². The van der Waals surface area contributed by atoms with Crippen molar-refractivity contribution in [2.45, 2.75) is 78.2 Å². The topological polar surface area (TPSA) is 90.9 Å². The second-order valence-corrected chi connectivity index (χ2v) is 5.42. The van der Waals surface area contributed by atoms with Crippen LogP contribution in [0, 0.1) is 0 Å². The summed E-state index contributed by atoms with van der Waals surface area (Å²) in [5, 5.41) is 2.84. The van der Waals surface area contributed by atoms with E-state index in [0.717, 1.165) is 0 Å². The van der Waals surface area contributed by atoms with Crippen molar-refractivity contribution in [1.29, 1.82) is 0 Å². The second kappa shape index (κ2) is 11.0. The monoisotopic (exact) mass is 331 g/mol. The zero-order chi connectivity index (χ0) is 18.0. The molecule has 1 amide bonds. The van der Waals surface area contributed by atoms with Crippen LogP contribution in [0.4, 0.5) is 0 Å². The van der Waals surface area contributed by atoms with Crippen molar-refractivity contribution in [3.05, 3.63) is 0 Å². The van der Waals surface area contributed by atoms with Crippen LogP contribution in [0.1, 0.15) is 53.9 Å². The lowest BCUT2D eigenvalue weighted by Crippen LogP contribution is -2.54. The standard InChI is InChI=1S/C16H29NO6/c1-7-9-14(20)17-13(8-2)16(23-12(5)19)15(10(3)21-6)22-11(4)18/h10,13,15-16H,7-9H2,1-6H3,(H,17,20)/t10?,13-,15?,16?/m1/s1. The van der Waals surface area contributed by atoms with Gasteiger partial charge in [-0.25, -0.2) is 0 Å². The van der Waals surface area contributed by atoms with E-state index in [1.165, 1.54) is 21.0 Å². The summed E-state index contributed by atoms with van der Waals surface area (Å²) in [6, 6.07) is -0.472. The molecule has 0 aromatic heterocycles. The number of carbonyl (C=O) groups is 3. The lowest BCUT2D eigenvalue weighted by molar-refractivity contribution is -0.179. The van der Waals surface area contributed by atoms with E-state index in [1.54, 1.807) is 6.92 Å². The summed E-state index contributed by atoms with van der Waals surface area (Å²) in [5.41, 5.74) is 0. The third-order valence-electron chi connectivity index (χ3n) is 3.42. The largest absolute Gasteiger partial charge is 0.456 e. The van der Waals surface area contributed by atoms with Gasteiger partial charge in [-0.2, -0.15) is 0 Å². The number of methoxy groups -OCH3 is 1. The van der Waals surface area contributed by atoms with Gasteiger partial charge in [0, 0.05) is 27.4 Å². The highest BCUT2D eigenvalue weighted by Gasteiger charge is 2.38. The molecule has 0 bridgehead atoms. The van der Waals surface area contributed by atoms with Crippen molar-refractivity contribution in [3.8, 4) is 0 Å². The summed E-state index contributed by atoms with van der Waals surface area (Å²) in [5.74, 6) is -1.16. The van der Waals surface area contributed by atoms with Crippen molar-refractivity contribution >= 4 is 17.8 Å². The predicted octanol–water partition coefficient (Wildman–Crippen LogP) is 1.58. The predicted molar refractivity (Wildman–Crippen MR) is 84.7 cm³/mol. The van der Waals surface area contributed by atoms with Gasteiger partial charge < -0.3 is 19.5 Å². The molecule has 1 N–H and O–H groups in total. The van der Waals surface area contributed by atoms with E-state index in [2.05, 4.69) is 5.32 Å². The van der Waals surface area contributed by atoms with Crippen molar-refractivity contribution in [2.75, 3.05) is 7.11 Å². The first-order chi connectivity index (χ1) is 10.8. The molecule has 0 saturated carbocycles. The average Bonchev–Trinajstić information content (AvgIpc) is 2.47. The van der Waals surface area contributed by atoms with Gasteiger partial charge in [-0.05, 0) is 19.8 Å². The summed E-state index contributed by atoms with van der Waals surface area (Å²) in [6.07, 6.45) is -0.531. The number of nitrogens with one attached hydrogen (secondary N) is 1. The van der Waals surface area contributed by atoms with Crippen molar-refractivity contribution in [3.63, 3.8) is 0 Å². The molecule has 0 aliphatic rings. The number of ether oxygens (including phenoxy) is 3. The molecule has 0 aromatic carbocycles. The van der Waals surface area contributed by atoms with Crippen LogP contribution in [0.2, 0.25) is 0 Å². The number of carbonyl (C=O) groups excluding carboxylic acids is 3. The molecule has 0 aromatic rings. The van der Waals surface area contributed by atoms with E-state index in [1.807, 2.05) is 13.8 Å². The minimum absolute atomic E-state index is 0.136. The molecule has 3 unspecified atom stereocenters. The summed E-state index contributed by atoms with van der Waals surface area (Å²) >= 11 is 0. The maximum atomic E-state index is 11.9. The lowest BCUT2D eigenvalue weighted by Gasteiger charge is -2.35. The van der Waals surface area contributed by atoms with Gasteiger partial charge in [0.15, 0.2) is 12.2 Å². The lowest BCUT2D eigenvalue weighted by atomic mass is 9.98. The SMILES string of the molecule is CCCC(=O)N[C@H](CC)C(OC(C)=O)C(OC(C)=O)C(C)OC. The number of hydrogen-bond donors (Lipinski definition) is 1. The molecule has 4 atom stereocenters. The van der Waals surface area contributed by atoms with Crippen LogP contribution in [0.15, 0.2) is 0 Å². The zero-order valence-corrected chi connectivity index (χ0v) is 14.9. The fourth-order valence-corrected chi connectivity index (χ4v) is 2.25. The highest BCUT2D eigenvalue weighted by Crippen LogP contribution is 2.18. The average molecular weight is 331 g/mol. The molecule has 0 aliphatic heterocycles. The molecular weight excluding hydrogens is 302 g/mol. The fourth-order valence-electron chi connectivity index (χ4n) is 2.25. The third kappa shape index (κ3) is 7.97. The van der Waals surface area contributed by atoms with E-state index in [-0.39, 0.29) is 5.91 Å². The van der Waals surface area contributed by atoms with Gasteiger partial charge in [-0.15, -0.1) is 0 Å². The molecule has 0 spiro atoms. The van der Waals surface area contributed by atoms with Crippen molar-refractivity contribution in [2.24, 2.45) is 0 Å². The smallest absolute Gasteiger partial charge is 0.303 e. The first kappa shape index (κ1) is 21.4. The van der Waals surface area contributed by atoms with Crippen molar-refractivity contribution in [1.82, 2.24) is 5.32 Å². The minimum Gasteiger partial charge on any atom is -0.456 e. The van der Waals surface area contributed by atoms with E-state index in [0.29, 0.717) is 19.3 Å². The van der Waals surface area contributed by atoms with Crippen molar-refractivity contribution < 1.29 is 28.6 Å². The molecule has 7 nitrogen and oxygen atoms in total. The molecule has 0 fully saturated rings. The first-order valence-electron chi connectivity index (χ1n) is 7.93. The number of esters is 2. The van der Waals surface area contributed by atoms with E-state index < -0.39 is 36.3 Å². The van der Waals surface area contributed by atoms with Crippen LogP contribution in [0.25, 0.3) is 0 Å². The Morgan fingerprint density at radius 1 is 1.00 bits per heavy atom. The van der Waals surface area contributed by atoms with Crippen LogP contribution in [-0.4, -0.2) is 49.3 Å². The second-order valence-electron chi connectivity index (χ2n) is 5.42. The molecular formula is C16H29NO6. The molecule has 0 heterocycles. The first-order valence-corrected chi connectivity index (χ1v) is 7.93. The maximum Gasteiger partial charge on any atom is 0.303 e. The van der Waals surface area contributed by atoms with Crippen LogP contribution in [0.5, 0.6) is 0 Å². The zero-order valence-electron chi connectivity index (χ0n) is 14.9. The Hall–Kier alpha value is -1.63. The van der Waals surface area contributed by atoms with Gasteiger partial charge in [0.2, 0.25) is 5.91 Å². The Morgan fingerprint density at radius 3 is 1.91 bits per heavy atom. The van der Waals surface area contributed by atoms with Crippen LogP contribution in [-0.2, 0) is 28.6 Å². The number of amides is 1. The van der Waals surface area contributed by atoms with E-state index in [9.17, 15) is 14.4 Å². The van der Waals surface area contributed by atoms with Crippen LogP contribution < -0.4 is 5.32 Å². The Kier molecular flexibility index (Phi) is 10.2. The third-order valence-corrected chi connectivity index (χ3v) is 3.42. The Labute approximate surface area is 138 Å². The highest BCUT2D eigenvalue weighted by molar-refractivity contribution is 5.76. The summed E-state index contributed by atoms with van der Waals surface area (Å²) in [7, 11) is 1.47. The fraction of sp³-hybridized carbons (Fsp3) is 0.812. The van der Waals surface area contributed by atoms with Gasteiger partial charge in [-0.1, -0.05) is 13.8 Å². The minimum atomic E-state index is -0.822. The summed E-state index contributed by atoms with van der Waals surface area (Å²) in [6.45, 7) is 8.02. The quantitative estimate of drug-likeness (QED) is 0.611. The van der Waals surface area contributed by atoms with Gasteiger partial charge >= 0.3 is 11.9 Å². The number of rotatable bonds is 10. The normalized spacial score (nSPS) is 15.9. The van der Waals surface area contributed by atoms with Crippen LogP contribution >= 0.6 is 0 Å². The molecule has 0 radical (unpaired) electrons. The van der Waals surface area contributed by atoms with Gasteiger partial charge in [-0.3, -0.25) is 14.4 Å². The number of hydrogen-bond acceptors (Lipinski definition) is 6. The summed E-state index contributed by atoms with van der Waals surface area (Å²) in [4.78, 5) is 34.8. The van der Waals surface area contributed by atoms with Gasteiger partial charge in [0.05, 0.1) is 12.1 Å². The van der Waals surface area contributed by atoms with Crippen LogP contribution in [0.3, 0.4) is 0 Å². The molecule has 23 heavy (non-hydrogen) atoms. The van der Waals surface area contributed by atoms with Gasteiger partial charge in [0.1, 0.15) is 0 Å². The maximum absolute atomic E-state index is 11.9. The Bertz CT molecular complexity index is 398. The molecule has 0 rings (SSSR count). The van der Waals surface area contributed by atoms with Gasteiger partial charge in [0.25, 0.3) is 0 Å².